The van der Waals surface area contributed by atoms with Gasteiger partial charge in [0.15, 0.2) is 0 Å². The van der Waals surface area contributed by atoms with Gasteiger partial charge in [0.25, 0.3) is 5.91 Å². The molecule has 1 N–H and O–H groups in total. The summed E-state index contributed by atoms with van der Waals surface area (Å²) in [7, 11) is 1.90. The van der Waals surface area contributed by atoms with E-state index in [2.05, 4.69) is 5.32 Å². The number of likely N-dealkylation sites (N-methyl/N-ethyl adjacent to an activating group) is 1. The average Bonchev–Trinajstić information content (AvgIpc) is 3.34. The number of carbonyl (C=O) groups is 2. The minimum Gasteiger partial charge on any atom is -0.340 e. The van der Waals surface area contributed by atoms with Crippen LogP contribution < -0.4 is 5.32 Å². The highest BCUT2D eigenvalue weighted by Gasteiger charge is 2.48. The molecule has 5 nitrogen and oxygen atoms in total. The molecule has 4 rings (SSSR count). The maximum Gasteiger partial charge on any atom is 0.254 e. The molecule has 28 heavy (non-hydrogen) atoms. The SMILES string of the molecule is CN(C(=O)C1CC2CCCCC2N1C(=O)c1ccc(Cl)cc1)C1CCNC1.Cl. The highest BCUT2D eigenvalue weighted by Crippen LogP contribution is 2.41. The zero-order chi connectivity index (χ0) is 19.0. The number of likely N-dealkylation sites (tertiary alicyclic amines) is 1. The van der Waals surface area contributed by atoms with Crippen LogP contribution in [-0.4, -0.2) is 59.9 Å². The highest BCUT2D eigenvalue weighted by molar-refractivity contribution is 6.30. The zero-order valence-electron chi connectivity index (χ0n) is 16.3. The number of nitrogens with zero attached hydrogens (tertiary/aromatic N) is 2. The van der Waals surface area contributed by atoms with Crippen molar-refractivity contribution in [1.82, 2.24) is 15.1 Å². The van der Waals surface area contributed by atoms with E-state index in [1.165, 1.54) is 6.42 Å². The van der Waals surface area contributed by atoms with Crippen LogP contribution in [0, 0.1) is 5.92 Å². The fraction of sp³-hybridized carbons (Fsp3) is 0.619. The normalized spacial score (nSPS) is 29.1. The molecule has 154 valence electrons. The van der Waals surface area contributed by atoms with E-state index < -0.39 is 0 Å². The van der Waals surface area contributed by atoms with Crippen LogP contribution in [0.25, 0.3) is 0 Å². The van der Waals surface area contributed by atoms with Gasteiger partial charge in [-0.15, -0.1) is 12.4 Å². The minimum atomic E-state index is -0.341. The van der Waals surface area contributed by atoms with Gasteiger partial charge in [0, 0.05) is 36.3 Å². The van der Waals surface area contributed by atoms with Crippen LogP contribution in [0.5, 0.6) is 0 Å². The number of amides is 2. The van der Waals surface area contributed by atoms with Gasteiger partial charge in [-0.3, -0.25) is 9.59 Å². The molecule has 4 atom stereocenters. The number of rotatable bonds is 3. The lowest BCUT2D eigenvalue weighted by Gasteiger charge is -2.35. The van der Waals surface area contributed by atoms with Crippen molar-refractivity contribution in [3.8, 4) is 0 Å². The van der Waals surface area contributed by atoms with Crippen molar-refractivity contribution < 1.29 is 9.59 Å². The first kappa shape index (κ1) is 21.4. The Morgan fingerprint density at radius 1 is 1.14 bits per heavy atom. The molecule has 3 aliphatic rings. The summed E-state index contributed by atoms with van der Waals surface area (Å²) in [4.78, 5) is 30.5. The number of carbonyl (C=O) groups excluding carboxylic acids is 2. The predicted octanol–water partition coefficient (Wildman–Crippen LogP) is 3.36. The Bertz CT molecular complexity index is 706. The van der Waals surface area contributed by atoms with Crippen molar-refractivity contribution in [2.45, 2.75) is 56.7 Å². The van der Waals surface area contributed by atoms with Gasteiger partial charge in [0.05, 0.1) is 0 Å². The summed E-state index contributed by atoms with van der Waals surface area (Å²) in [6.07, 6.45) is 6.23. The number of fused-ring (bicyclic) bond motifs is 1. The third kappa shape index (κ3) is 4.03. The standard InChI is InChI=1S/C21H28ClN3O2.ClH/c1-24(17-10-11-23-13-17)21(27)19-12-15-4-2-3-5-18(15)25(19)20(26)14-6-8-16(22)9-7-14;/h6-9,15,17-19,23H,2-5,10-13H2,1H3;1H. The summed E-state index contributed by atoms with van der Waals surface area (Å²) in [6.45, 7) is 1.79. The molecule has 1 aliphatic carbocycles. The van der Waals surface area contributed by atoms with Gasteiger partial charge in [-0.05, 0) is 62.4 Å². The molecule has 0 aromatic heterocycles. The van der Waals surface area contributed by atoms with E-state index in [1.54, 1.807) is 24.3 Å². The smallest absolute Gasteiger partial charge is 0.254 e. The lowest BCUT2D eigenvalue weighted by molar-refractivity contribution is -0.136. The molecule has 2 saturated heterocycles. The van der Waals surface area contributed by atoms with E-state index in [4.69, 9.17) is 11.6 Å². The lowest BCUT2D eigenvalue weighted by atomic mass is 9.84. The highest BCUT2D eigenvalue weighted by atomic mass is 35.5. The number of halogens is 2. The van der Waals surface area contributed by atoms with Crippen LogP contribution >= 0.6 is 24.0 Å². The Morgan fingerprint density at radius 3 is 2.54 bits per heavy atom. The van der Waals surface area contributed by atoms with Crippen LogP contribution in [0.15, 0.2) is 24.3 Å². The maximum absolute atomic E-state index is 13.4. The van der Waals surface area contributed by atoms with Crippen LogP contribution in [0.4, 0.5) is 0 Å². The fourth-order valence-electron chi connectivity index (χ4n) is 5.10. The summed E-state index contributed by atoms with van der Waals surface area (Å²) < 4.78 is 0. The van der Waals surface area contributed by atoms with Crippen LogP contribution in [-0.2, 0) is 4.79 Å². The van der Waals surface area contributed by atoms with E-state index in [1.807, 2.05) is 16.8 Å². The van der Waals surface area contributed by atoms with Gasteiger partial charge in [-0.2, -0.15) is 0 Å². The largest absolute Gasteiger partial charge is 0.340 e. The molecule has 0 spiro atoms. The summed E-state index contributed by atoms with van der Waals surface area (Å²) in [5, 5.41) is 3.94. The van der Waals surface area contributed by atoms with E-state index in [9.17, 15) is 9.59 Å². The van der Waals surface area contributed by atoms with Gasteiger partial charge in [-0.25, -0.2) is 0 Å². The molecule has 2 heterocycles. The number of hydrogen-bond donors (Lipinski definition) is 1. The second-order valence-corrected chi connectivity index (χ2v) is 8.61. The van der Waals surface area contributed by atoms with Crippen molar-refractivity contribution in [2.75, 3.05) is 20.1 Å². The van der Waals surface area contributed by atoms with Gasteiger partial charge < -0.3 is 15.1 Å². The summed E-state index contributed by atoms with van der Waals surface area (Å²) in [5.41, 5.74) is 0.619. The van der Waals surface area contributed by atoms with E-state index in [0.717, 1.165) is 45.2 Å². The van der Waals surface area contributed by atoms with Crippen LogP contribution in [0.2, 0.25) is 5.02 Å². The average molecular weight is 426 g/mol. The number of nitrogens with one attached hydrogen (secondary N) is 1. The molecular weight excluding hydrogens is 397 g/mol. The number of hydrogen-bond acceptors (Lipinski definition) is 3. The molecule has 0 radical (unpaired) electrons. The zero-order valence-corrected chi connectivity index (χ0v) is 17.8. The minimum absolute atomic E-state index is 0. The van der Waals surface area contributed by atoms with Crippen LogP contribution in [0.1, 0.15) is 48.9 Å². The van der Waals surface area contributed by atoms with Crippen molar-refractivity contribution in [1.29, 1.82) is 0 Å². The van der Waals surface area contributed by atoms with Gasteiger partial charge in [-0.1, -0.05) is 24.4 Å². The van der Waals surface area contributed by atoms with Gasteiger partial charge in [0.2, 0.25) is 5.91 Å². The molecule has 0 bridgehead atoms. The summed E-state index contributed by atoms with van der Waals surface area (Å²) >= 11 is 5.99. The van der Waals surface area contributed by atoms with Crippen molar-refractivity contribution in [3.05, 3.63) is 34.9 Å². The molecule has 3 fully saturated rings. The molecule has 1 aromatic carbocycles. The van der Waals surface area contributed by atoms with E-state index in [0.29, 0.717) is 16.5 Å². The maximum atomic E-state index is 13.4. The molecule has 2 aliphatic heterocycles. The Balaban J connectivity index is 0.00000225. The molecular formula is C21H29Cl2N3O2. The van der Waals surface area contributed by atoms with E-state index >= 15 is 0 Å². The Kier molecular flexibility index (Phi) is 6.89. The second-order valence-electron chi connectivity index (χ2n) is 8.18. The molecule has 1 aromatic rings. The fourth-order valence-corrected chi connectivity index (χ4v) is 5.23. The molecule has 2 amide bonds. The number of benzene rings is 1. The van der Waals surface area contributed by atoms with Crippen LogP contribution in [0.3, 0.4) is 0 Å². The van der Waals surface area contributed by atoms with Crippen molar-refractivity contribution in [3.63, 3.8) is 0 Å². The Hall–Kier alpha value is -1.30. The Morgan fingerprint density at radius 2 is 1.86 bits per heavy atom. The first-order valence-electron chi connectivity index (χ1n) is 10.1. The lowest BCUT2D eigenvalue weighted by Crippen LogP contribution is -2.52. The van der Waals surface area contributed by atoms with E-state index in [-0.39, 0.29) is 42.3 Å². The first-order valence-corrected chi connectivity index (χ1v) is 10.5. The monoisotopic (exact) mass is 425 g/mol. The molecule has 7 heteroatoms. The van der Waals surface area contributed by atoms with Crippen molar-refractivity contribution >= 4 is 35.8 Å². The third-order valence-corrected chi connectivity index (χ3v) is 6.88. The second kappa shape index (κ2) is 9.02. The van der Waals surface area contributed by atoms with Gasteiger partial charge in [0.1, 0.15) is 6.04 Å². The third-order valence-electron chi connectivity index (χ3n) is 6.63. The summed E-state index contributed by atoms with van der Waals surface area (Å²) in [5.74, 6) is 0.511. The Labute approximate surface area is 178 Å². The topological polar surface area (TPSA) is 52.7 Å². The quantitative estimate of drug-likeness (QED) is 0.807. The molecule has 1 saturated carbocycles. The van der Waals surface area contributed by atoms with Crippen molar-refractivity contribution in [2.24, 2.45) is 5.92 Å². The predicted molar refractivity (Wildman–Crippen MR) is 113 cm³/mol. The first-order chi connectivity index (χ1) is 13.1. The summed E-state index contributed by atoms with van der Waals surface area (Å²) in [6, 6.07) is 7.11. The van der Waals surface area contributed by atoms with Gasteiger partial charge >= 0.3 is 0 Å². The molecule has 4 unspecified atom stereocenters.